The number of nitrogens with one attached hydrogen (secondary N) is 1. The SMILES string of the molecule is O=C(O)N[C@H]1CC[C@H](N2CC(F)C2)CC1. The summed E-state index contributed by atoms with van der Waals surface area (Å²) in [7, 11) is 0. The number of alkyl halides is 1. The highest BCUT2D eigenvalue weighted by Gasteiger charge is 2.34. The summed E-state index contributed by atoms with van der Waals surface area (Å²) in [5.74, 6) is 0. The average molecular weight is 216 g/mol. The van der Waals surface area contributed by atoms with Crippen molar-refractivity contribution in [2.75, 3.05) is 13.1 Å². The average Bonchev–Trinajstić information content (AvgIpc) is 2.14. The number of carboxylic acid groups (broad SMARTS) is 1. The number of hydrogen-bond acceptors (Lipinski definition) is 2. The van der Waals surface area contributed by atoms with Crippen molar-refractivity contribution in [3.63, 3.8) is 0 Å². The van der Waals surface area contributed by atoms with Crippen molar-refractivity contribution in [1.82, 2.24) is 10.2 Å². The molecule has 1 aliphatic carbocycles. The second-order valence-electron chi connectivity index (χ2n) is 4.51. The van der Waals surface area contributed by atoms with Crippen molar-refractivity contribution in [1.29, 1.82) is 0 Å². The lowest BCUT2D eigenvalue weighted by atomic mass is 9.88. The molecule has 0 spiro atoms. The van der Waals surface area contributed by atoms with Crippen molar-refractivity contribution < 1.29 is 14.3 Å². The Bertz CT molecular complexity index is 236. The molecular formula is C10H17FN2O2. The van der Waals surface area contributed by atoms with E-state index in [4.69, 9.17) is 5.11 Å². The highest BCUT2D eigenvalue weighted by molar-refractivity contribution is 5.64. The van der Waals surface area contributed by atoms with E-state index in [0.29, 0.717) is 19.1 Å². The number of hydrogen-bond donors (Lipinski definition) is 2. The lowest BCUT2D eigenvalue weighted by molar-refractivity contribution is 0.0111. The van der Waals surface area contributed by atoms with Crippen molar-refractivity contribution in [3.8, 4) is 0 Å². The Morgan fingerprint density at radius 3 is 2.33 bits per heavy atom. The molecule has 15 heavy (non-hydrogen) atoms. The highest BCUT2D eigenvalue weighted by Crippen LogP contribution is 2.27. The number of likely N-dealkylation sites (tertiary alicyclic amines) is 1. The Balaban J connectivity index is 1.70. The first-order valence-electron chi connectivity index (χ1n) is 5.52. The lowest BCUT2D eigenvalue weighted by Crippen LogP contribution is -2.55. The molecule has 5 heteroatoms. The number of nitrogens with zero attached hydrogens (tertiary/aromatic N) is 1. The minimum absolute atomic E-state index is 0.0983. The molecule has 0 aromatic carbocycles. The zero-order valence-electron chi connectivity index (χ0n) is 8.66. The summed E-state index contributed by atoms with van der Waals surface area (Å²) in [6, 6.07) is 0.574. The minimum atomic E-state index is -0.939. The molecule has 1 amide bonds. The van der Waals surface area contributed by atoms with Gasteiger partial charge in [-0.2, -0.15) is 0 Å². The molecule has 1 saturated carbocycles. The molecule has 0 aromatic heterocycles. The summed E-state index contributed by atoms with van der Waals surface area (Å²) in [5, 5.41) is 11.1. The molecule has 0 aromatic rings. The standard InChI is InChI=1S/C10H17FN2O2/c11-7-5-13(6-7)9-3-1-8(2-4-9)12-10(14)15/h7-9,12H,1-6H2,(H,14,15)/t8-,9-. The minimum Gasteiger partial charge on any atom is -0.465 e. The molecule has 0 unspecified atom stereocenters. The van der Waals surface area contributed by atoms with E-state index >= 15 is 0 Å². The van der Waals surface area contributed by atoms with E-state index in [0.717, 1.165) is 25.7 Å². The van der Waals surface area contributed by atoms with Gasteiger partial charge in [0.1, 0.15) is 6.17 Å². The van der Waals surface area contributed by atoms with Gasteiger partial charge in [0.15, 0.2) is 0 Å². The van der Waals surface area contributed by atoms with Crippen molar-refractivity contribution in [2.45, 2.75) is 43.9 Å². The van der Waals surface area contributed by atoms with Crippen LogP contribution in [0.4, 0.5) is 9.18 Å². The zero-order chi connectivity index (χ0) is 10.8. The highest BCUT2D eigenvalue weighted by atomic mass is 19.1. The Labute approximate surface area is 88.4 Å². The third-order valence-electron chi connectivity index (χ3n) is 3.41. The number of rotatable bonds is 2. The largest absolute Gasteiger partial charge is 0.465 e. The normalized spacial score (nSPS) is 33.4. The number of carbonyl (C=O) groups is 1. The fraction of sp³-hybridized carbons (Fsp3) is 0.900. The van der Waals surface area contributed by atoms with Gasteiger partial charge in [0.05, 0.1) is 0 Å². The fourth-order valence-electron chi connectivity index (χ4n) is 2.51. The molecule has 1 heterocycles. The number of amides is 1. The first-order valence-corrected chi connectivity index (χ1v) is 5.52. The van der Waals surface area contributed by atoms with Crippen LogP contribution in [0.2, 0.25) is 0 Å². The Kier molecular flexibility index (Phi) is 3.09. The van der Waals surface area contributed by atoms with Crippen LogP contribution in [-0.2, 0) is 0 Å². The van der Waals surface area contributed by atoms with E-state index in [1.54, 1.807) is 0 Å². The van der Waals surface area contributed by atoms with Crippen LogP contribution in [-0.4, -0.2) is 47.4 Å². The summed E-state index contributed by atoms with van der Waals surface area (Å²) in [6.45, 7) is 1.14. The van der Waals surface area contributed by atoms with E-state index in [2.05, 4.69) is 10.2 Å². The quantitative estimate of drug-likeness (QED) is 0.729. The second kappa shape index (κ2) is 4.35. The maximum absolute atomic E-state index is 12.6. The van der Waals surface area contributed by atoms with Crippen molar-refractivity contribution >= 4 is 6.09 Å². The van der Waals surface area contributed by atoms with E-state index in [9.17, 15) is 9.18 Å². The van der Waals surface area contributed by atoms with E-state index in [1.807, 2.05) is 0 Å². The van der Waals surface area contributed by atoms with Crippen LogP contribution in [0.5, 0.6) is 0 Å². The molecule has 0 atom stereocenters. The molecule has 0 radical (unpaired) electrons. The van der Waals surface area contributed by atoms with Gasteiger partial charge in [0.25, 0.3) is 0 Å². The summed E-state index contributed by atoms with van der Waals surface area (Å²) < 4.78 is 12.6. The molecule has 4 nitrogen and oxygen atoms in total. The van der Waals surface area contributed by atoms with Crippen LogP contribution in [0, 0.1) is 0 Å². The maximum atomic E-state index is 12.6. The smallest absolute Gasteiger partial charge is 0.404 e. The van der Waals surface area contributed by atoms with Gasteiger partial charge in [-0.15, -0.1) is 0 Å². The van der Waals surface area contributed by atoms with Gasteiger partial charge in [-0.25, -0.2) is 9.18 Å². The second-order valence-corrected chi connectivity index (χ2v) is 4.51. The Hall–Kier alpha value is -0.840. The van der Waals surface area contributed by atoms with Crippen LogP contribution >= 0.6 is 0 Å². The Morgan fingerprint density at radius 2 is 1.87 bits per heavy atom. The maximum Gasteiger partial charge on any atom is 0.404 e. The van der Waals surface area contributed by atoms with Gasteiger partial charge < -0.3 is 10.4 Å². The third-order valence-corrected chi connectivity index (χ3v) is 3.41. The van der Waals surface area contributed by atoms with Gasteiger partial charge in [-0.3, -0.25) is 4.90 Å². The van der Waals surface area contributed by atoms with E-state index < -0.39 is 12.3 Å². The molecule has 86 valence electrons. The first kappa shape index (κ1) is 10.7. The fourth-order valence-corrected chi connectivity index (χ4v) is 2.51. The summed E-state index contributed by atoms with van der Waals surface area (Å²) >= 11 is 0. The first-order chi connectivity index (χ1) is 7.15. The Morgan fingerprint density at radius 1 is 1.27 bits per heavy atom. The lowest BCUT2D eigenvalue weighted by Gasteiger charge is -2.43. The van der Waals surface area contributed by atoms with E-state index in [-0.39, 0.29) is 6.04 Å². The summed E-state index contributed by atoms with van der Waals surface area (Å²) in [6.07, 6.45) is 2.15. The van der Waals surface area contributed by atoms with Crippen LogP contribution in [0.1, 0.15) is 25.7 Å². The van der Waals surface area contributed by atoms with Crippen molar-refractivity contribution in [3.05, 3.63) is 0 Å². The topological polar surface area (TPSA) is 52.6 Å². The molecule has 1 aliphatic heterocycles. The van der Waals surface area contributed by atoms with Gasteiger partial charge in [0.2, 0.25) is 0 Å². The monoisotopic (exact) mass is 216 g/mol. The molecule has 2 fully saturated rings. The van der Waals surface area contributed by atoms with Crippen LogP contribution in [0.25, 0.3) is 0 Å². The molecule has 0 bridgehead atoms. The summed E-state index contributed by atoms with van der Waals surface area (Å²) in [4.78, 5) is 12.6. The predicted octanol–water partition coefficient (Wildman–Crippen LogP) is 1.22. The predicted molar refractivity (Wildman–Crippen MR) is 53.7 cm³/mol. The zero-order valence-corrected chi connectivity index (χ0v) is 8.66. The summed E-state index contributed by atoms with van der Waals surface area (Å²) in [5.41, 5.74) is 0. The molecular weight excluding hydrogens is 199 g/mol. The van der Waals surface area contributed by atoms with E-state index in [1.165, 1.54) is 0 Å². The molecule has 2 rings (SSSR count). The van der Waals surface area contributed by atoms with Gasteiger partial charge in [0, 0.05) is 25.2 Å². The number of halogens is 1. The van der Waals surface area contributed by atoms with Crippen LogP contribution in [0.15, 0.2) is 0 Å². The molecule has 2 N–H and O–H groups in total. The van der Waals surface area contributed by atoms with Gasteiger partial charge >= 0.3 is 6.09 Å². The molecule has 2 aliphatic rings. The third kappa shape index (κ3) is 2.59. The van der Waals surface area contributed by atoms with Gasteiger partial charge in [-0.05, 0) is 25.7 Å². The van der Waals surface area contributed by atoms with Gasteiger partial charge in [-0.1, -0.05) is 0 Å². The van der Waals surface area contributed by atoms with Crippen molar-refractivity contribution in [2.24, 2.45) is 0 Å². The van der Waals surface area contributed by atoms with Crippen LogP contribution in [0.3, 0.4) is 0 Å². The molecule has 1 saturated heterocycles. The van der Waals surface area contributed by atoms with Crippen LogP contribution < -0.4 is 5.32 Å².